The van der Waals surface area contributed by atoms with Gasteiger partial charge in [0.1, 0.15) is 12.3 Å². The van der Waals surface area contributed by atoms with Crippen LogP contribution < -0.4 is 5.73 Å². The van der Waals surface area contributed by atoms with Crippen molar-refractivity contribution in [2.75, 3.05) is 0 Å². The monoisotopic (exact) mass is 462 g/mol. The Morgan fingerprint density at radius 2 is 1.84 bits per heavy atom. The summed E-state index contributed by atoms with van der Waals surface area (Å²) in [6, 6.07) is 12.2. The molecule has 0 spiro atoms. The number of rotatable bonds is 6. The molecule has 3 rings (SSSR count). The first-order chi connectivity index (χ1) is 15.1. The molecule has 0 saturated heterocycles. The molecular formula is C22H18ClF3N4O2. The first-order valence-electron chi connectivity index (χ1n) is 9.29. The van der Waals surface area contributed by atoms with Crippen LogP contribution in [0.3, 0.4) is 0 Å². The summed E-state index contributed by atoms with van der Waals surface area (Å²) in [6.45, 7) is 1.78. The van der Waals surface area contributed by atoms with Gasteiger partial charge in [0.05, 0.1) is 34.0 Å². The molecule has 0 radical (unpaired) electrons. The molecule has 2 aromatic carbocycles. The number of nitrogens with two attached hydrogens (primary N) is 1. The molecule has 0 bridgehead atoms. The maximum atomic E-state index is 13.0. The van der Waals surface area contributed by atoms with Gasteiger partial charge in [0.25, 0.3) is 0 Å². The van der Waals surface area contributed by atoms with Crippen LogP contribution in [0.1, 0.15) is 27.3 Å². The van der Waals surface area contributed by atoms with Crippen LogP contribution >= 0.6 is 11.6 Å². The molecule has 0 aliphatic carbocycles. The van der Waals surface area contributed by atoms with Crippen LogP contribution in [0.5, 0.6) is 0 Å². The van der Waals surface area contributed by atoms with Crippen LogP contribution in [0.4, 0.5) is 18.9 Å². The van der Waals surface area contributed by atoms with Gasteiger partial charge in [0.2, 0.25) is 0 Å². The maximum Gasteiger partial charge on any atom is 0.430 e. The Hall–Kier alpha value is -3.59. The second-order valence-electron chi connectivity index (χ2n) is 6.67. The molecule has 3 aromatic rings. The van der Waals surface area contributed by atoms with E-state index in [1.165, 1.54) is 30.6 Å². The van der Waals surface area contributed by atoms with Gasteiger partial charge in [0, 0.05) is 11.3 Å². The van der Waals surface area contributed by atoms with Gasteiger partial charge in [-0.1, -0.05) is 35.9 Å². The number of alkyl halides is 3. The molecule has 0 amide bonds. The zero-order valence-electron chi connectivity index (χ0n) is 16.8. The van der Waals surface area contributed by atoms with Crippen LogP contribution in [0, 0.1) is 6.92 Å². The number of hydrogen-bond donors (Lipinski definition) is 2. The summed E-state index contributed by atoms with van der Waals surface area (Å²) in [5.74, 6) is -0.603. The summed E-state index contributed by atoms with van der Waals surface area (Å²) in [4.78, 5) is 23.5. The largest absolute Gasteiger partial charge is 0.456 e. The van der Waals surface area contributed by atoms with Gasteiger partial charge in [-0.15, -0.1) is 0 Å². The van der Waals surface area contributed by atoms with Crippen molar-refractivity contribution in [2.45, 2.75) is 19.7 Å². The van der Waals surface area contributed by atoms with Crippen molar-refractivity contribution in [3.63, 3.8) is 0 Å². The van der Waals surface area contributed by atoms with Crippen LogP contribution in [0.2, 0.25) is 5.02 Å². The van der Waals surface area contributed by atoms with Crippen molar-refractivity contribution >= 4 is 29.0 Å². The summed E-state index contributed by atoms with van der Waals surface area (Å²) < 4.78 is 44.2. The van der Waals surface area contributed by atoms with Crippen LogP contribution in [0.25, 0.3) is 0 Å². The fourth-order valence-corrected chi connectivity index (χ4v) is 2.79. The SMILES string of the molecule is Cc1[nH]cnc1COC(=O)c1ccc(C(C=C(N)C(F)(F)F)=Nc2ccccc2Cl)cc1. The number of benzene rings is 2. The Kier molecular flexibility index (Phi) is 6.99. The third kappa shape index (κ3) is 5.76. The van der Waals surface area contributed by atoms with E-state index < -0.39 is 17.8 Å². The first kappa shape index (κ1) is 23.1. The number of H-pyrrole nitrogens is 1. The van der Waals surface area contributed by atoms with Gasteiger partial charge >= 0.3 is 12.1 Å². The maximum absolute atomic E-state index is 13.0. The highest BCUT2D eigenvalue weighted by atomic mass is 35.5. The van der Waals surface area contributed by atoms with Crippen molar-refractivity contribution in [1.29, 1.82) is 0 Å². The lowest BCUT2D eigenvalue weighted by molar-refractivity contribution is -0.0925. The minimum Gasteiger partial charge on any atom is -0.456 e. The second kappa shape index (κ2) is 9.69. The predicted molar refractivity (Wildman–Crippen MR) is 115 cm³/mol. The molecule has 1 aromatic heterocycles. The third-order valence-corrected chi connectivity index (χ3v) is 4.72. The number of aromatic amines is 1. The number of imidazole rings is 1. The predicted octanol–water partition coefficient (Wildman–Crippen LogP) is 5.25. The Morgan fingerprint density at radius 1 is 1.19 bits per heavy atom. The molecule has 0 fully saturated rings. The Labute approximate surface area is 186 Å². The van der Waals surface area contributed by atoms with Gasteiger partial charge in [-0.25, -0.2) is 14.8 Å². The van der Waals surface area contributed by atoms with Crippen LogP contribution in [0.15, 0.2) is 71.6 Å². The third-order valence-electron chi connectivity index (χ3n) is 4.40. The molecule has 0 unspecified atom stereocenters. The van der Waals surface area contributed by atoms with E-state index in [1.54, 1.807) is 31.2 Å². The first-order valence-corrected chi connectivity index (χ1v) is 9.67. The number of aromatic nitrogens is 2. The minimum absolute atomic E-state index is 0.0139. The van der Waals surface area contributed by atoms with Gasteiger partial charge in [0.15, 0.2) is 0 Å². The molecule has 0 atom stereocenters. The van der Waals surface area contributed by atoms with Crippen molar-refractivity contribution in [3.05, 3.63) is 94.2 Å². The Balaban J connectivity index is 1.88. The number of para-hydroxylation sites is 1. The lowest BCUT2D eigenvalue weighted by atomic mass is 10.1. The fourth-order valence-electron chi connectivity index (χ4n) is 2.61. The highest BCUT2D eigenvalue weighted by molar-refractivity contribution is 6.33. The number of aliphatic imine (C=N–C) groups is 1. The highest BCUT2D eigenvalue weighted by Gasteiger charge is 2.31. The minimum atomic E-state index is -4.73. The lowest BCUT2D eigenvalue weighted by Crippen LogP contribution is -2.21. The van der Waals surface area contributed by atoms with E-state index in [0.29, 0.717) is 11.3 Å². The molecule has 3 N–H and O–H groups in total. The Bertz CT molecular complexity index is 1170. The van der Waals surface area contributed by atoms with Gasteiger partial charge in [-0.05, 0) is 37.3 Å². The highest BCUT2D eigenvalue weighted by Crippen LogP contribution is 2.27. The van der Waals surface area contributed by atoms with E-state index in [1.807, 2.05) is 0 Å². The molecule has 166 valence electrons. The van der Waals surface area contributed by atoms with E-state index in [-0.39, 0.29) is 28.6 Å². The van der Waals surface area contributed by atoms with Crippen molar-refractivity contribution < 1.29 is 22.7 Å². The molecule has 0 aliphatic heterocycles. The molecule has 10 heteroatoms. The topological polar surface area (TPSA) is 93.4 Å². The average molecular weight is 463 g/mol. The normalized spacial score (nSPS) is 12.7. The summed E-state index contributed by atoms with van der Waals surface area (Å²) in [5, 5.41) is 0.262. The number of esters is 1. The molecular weight excluding hydrogens is 445 g/mol. The molecule has 0 saturated carbocycles. The van der Waals surface area contributed by atoms with Crippen molar-refractivity contribution in [1.82, 2.24) is 9.97 Å². The summed E-state index contributed by atoms with van der Waals surface area (Å²) in [6.07, 6.45) is -2.51. The number of aryl methyl sites for hydroxylation is 1. The number of carbonyl (C=O) groups excluding carboxylic acids is 1. The van der Waals surface area contributed by atoms with Crippen LogP contribution in [-0.4, -0.2) is 27.8 Å². The number of hydrogen-bond acceptors (Lipinski definition) is 5. The number of halogens is 4. The number of ether oxygens (including phenoxy) is 1. The standard InChI is InChI=1S/C22H18ClF3N4O2/c1-13-19(29-12-28-13)11-32-21(31)15-8-6-14(7-9-15)18(10-20(27)22(24,25)26)30-17-5-3-2-4-16(17)23/h2-10,12H,11,27H2,1H3,(H,28,29). The zero-order valence-corrected chi connectivity index (χ0v) is 17.5. The van der Waals surface area contributed by atoms with Crippen molar-refractivity contribution in [2.24, 2.45) is 10.7 Å². The van der Waals surface area contributed by atoms with Gasteiger partial charge < -0.3 is 15.5 Å². The van der Waals surface area contributed by atoms with Gasteiger partial charge in [-0.3, -0.25) is 0 Å². The average Bonchev–Trinajstić information content (AvgIpc) is 3.17. The van der Waals surface area contributed by atoms with E-state index in [0.717, 1.165) is 11.8 Å². The fraction of sp³-hybridized carbons (Fsp3) is 0.136. The van der Waals surface area contributed by atoms with E-state index in [2.05, 4.69) is 15.0 Å². The van der Waals surface area contributed by atoms with E-state index >= 15 is 0 Å². The summed E-state index contributed by atoms with van der Waals surface area (Å²) in [7, 11) is 0. The summed E-state index contributed by atoms with van der Waals surface area (Å²) in [5.41, 5.74) is 5.97. The van der Waals surface area contributed by atoms with Crippen molar-refractivity contribution in [3.8, 4) is 0 Å². The lowest BCUT2D eigenvalue weighted by Gasteiger charge is -2.10. The van der Waals surface area contributed by atoms with E-state index in [9.17, 15) is 18.0 Å². The molecule has 6 nitrogen and oxygen atoms in total. The summed E-state index contributed by atoms with van der Waals surface area (Å²) >= 11 is 6.09. The molecule has 1 heterocycles. The number of allylic oxidation sites excluding steroid dienone is 2. The van der Waals surface area contributed by atoms with Crippen LogP contribution in [-0.2, 0) is 11.3 Å². The number of nitrogens with zero attached hydrogens (tertiary/aromatic N) is 2. The number of nitrogens with one attached hydrogen (secondary N) is 1. The zero-order chi connectivity index (χ0) is 23.3. The Morgan fingerprint density at radius 3 is 2.44 bits per heavy atom. The molecule has 32 heavy (non-hydrogen) atoms. The smallest absolute Gasteiger partial charge is 0.430 e. The molecule has 0 aliphatic rings. The second-order valence-corrected chi connectivity index (χ2v) is 7.08. The quantitative estimate of drug-likeness (QED) is 0.386. The number of carbonyl (C=O) groups is 1. The van der Waals surface area contributed by atoms with Gasteiger partial charge in [-0.2, -0.15) is 13.2 Å². The van der Waals surface area contributed by atoms with E-state index in [4.69, 9.17) is 22.1 Å².